The molecule has 1 aliphatic heterocycles. The number of hydrogen-bond acceptors (Lipinski definition) is 2. The lowest BCUT2D eigenvalue weighted by Gasteiger charge is -2.25. The molecular formula is C15H24N2. The molecule has 0 aliphatic carbocycles. The summed E-state index contributed by atoms with van der Waals surface area (Å²) < 4.78 is 0. The number of para-hydroxylation sites is 1. The van der Waals surface area contributed by atoms with E-state index in [2.05, 4.69) is 41.4 Å². The number of benzene rings is 1. The highest BCUT2D eigenvalue weighted by Gasteiger charge is 2.12. The first-order valence-corrected chi connectivity index (χ1v) is 6.95. The van der Waals surface area contributed by atoms with Gasteiger partial charge in [0.1, 0.15) is 0 Å². The molecule has 2 nitrogen and oxygen atoms in total. The lowest BCUT2D eigenvalue weighted by Crippen LogP contribution is -2.26. The molecule has 17 heavy (non-hydrogen) atoms. The second-order valence-electron chi connectivity index (χ2n) is 4.81. The number of hydrogen-bond donors (Lipinski definition) is 1. The summed E-state index contributed by atoms with van der Waals surface area (Å²) in [5, 5.41) is 3.43. The van der Waals surface area contributed by atoms with E-state index in [1.165, 1.54) is 50.0 Å². The third-order valence-corrected chi connectivity index (χ3v) is 3.50. The van der Waals surface area contributed by atoms with Crippen LogP contribution >= 0.6 is 0 Å². The van der Waals surface area contributed by atoms with Crippen LogP contribution in [0.25, 0.3) is 0 Å². The van der Waals surface area contributed by atoms with Crippen molar-refractivity contribution in [3.8, 4) is 0 Å². The molecule has 0 bridgehead atoms. The zero-order chi connectivity index (χ0) is 11.9. The number of anilines is 1. The highest BCUT2D eigenvalue weighted by molar-refractivity contribution is 5.53. The van der Waals surface area contributed by atoms with Crippen LogP contribution in [-0.2, 0) is 6.54 Å². The van der Waals surface area contributed by atoms with Crippen LogP contribution in [0.15, 0.2) is 24.3 Å². The maximum Gasteiger partial charge on any atom is 0.0411 e. The predicted octanol–water partition coefficient (Wildman–Crippen LogP) is 3.18. The minimum atomic E-state index is 0.989. The molecule has 0 unspecified atom stereocenters. The average Bonchev–Trinajstić information content (AvgIpc) is 2.65. The van der Waals surface area contributed by atoms with Gasteiger partial charge in [0.2, 0.25) is 0 Å². The maximum absolute atomic E-state index is 3.43. The van der Waals surface area contributed by atoms with E-state index in [1.54, 1.807) is 0 Å². The van der Waals surface area contributed by atoms with Gasteiger partial charge in [0.25, 0.3) is 0 Å². The van der Waals surface area contributed by atoms with E-state index in [-0.39, 0.29) is 0 Å². The van der Waals surface area contributed by atoms with Crippen molar-refractivity contribution in [1.82, 2.24) is 5.32 Å². The first-order valence-electron chi connectivity index (χ1n) is 6.95. The van der Waals surface area contributed by atoms with Gasteiger partial charge in [-0.25, -0.2) is 0 Å². The van der Waals surface area contributed by atoms with Crippen LogP contribution in [0.5, 0.6) is 0 Å². The van der Waals surface area contributed by atoms with E-state index >= 15 is 0 Å². The van der Waals surface area contributed by atoms with Gasteiger partial charge >= 0.3 is 0 Å². The van der Waals surface area contributed by atoms with Gasteiger partial charge in [0, 0.05) is 25.3 Å². The molecule has 2 rings (SSSR count). The smallest absolute Gasteiger partial charge is 0.0411 e. The molecule has 1 aliphatic rings. The van der Waals surface area contributed by atoms with E-state index in [0.717, 1.165) is 13.1 Å². The van der Waals surface area contributed by atoms with Crippen molar-refractivity contribution in [2.24, 2.45) is 0 Å². The molecule has 1 aromatic carbocycles. The van der Waals surface area contributed by atoms with E-state index in [9.17, 15) is 0 Å². The molecule has 2 heteroatoms. The molecular weight excluding hydrogens is 208 g/mol. The highest BCUT2D eigenvalue weighted by Crippen LogP contribution is 2.23. The third-order valence-electron chi connectivity index (χ3n) is 3.50. The van der Waals surface area contributed by atoms with Crippen LogP contribution in [0, 0.1) is 0 Å². The van der Waals surface area contributed by atoms with Crippen molar-refractivity contribution < 1.29 is 0 Å². The Labute approximate surface area is 105 Å². The van der Waals surface area contributed by atoms with E-state index in [4.69, 9.17) is 0 Å². The molecule has 0 saturated carbocycles. The van der Waals surface area contributed by atoms with Crippen LogP contribution in [-0.4, -0.2) is 19.6 Å². The van der Waals surface area contributed by atoms with Crippen molar-refractivity contribution in [2.45, 2.75) is 39.2 Å². The summed E-state index contributed by atoms with van der Waals surface area (Å²) in [6, 6.07) is 8.84. The fourth-order valence-corrected chi connectivity index (χ4v) is 2.54. The molecule has 0 atom stereocenters. The summed E-state index contributed by atoms with van der Waals surface area (Å²) in [6.07, 6.45) is 5.48. The summed E-state index contributed by atoms with van der Waals surface area (Å²) in [5.74, 6) is 0. The number of rotatable bonds is 4. The Hall–Kier alpha value is -1.02. The van der Waals surface area contributed by atoms with Crippen molar-refractivity contribution in [3.63, 3.8) is 0 Å². The second-order valence-corrected chi connectivity index (χ2v) is 4.81. The first kappa shape index (κ1) is 12.4. The second kappa shape index (κ2) is 6.65. The van der Waals surface area contributed by atoms with E-state index < -0.39 is 0 Å². The average molecular weight is 232 g/mol. The maximum atomic E-state index is 3.43. The Bertz CT molecular complexity index is 327. The third kappa shape index (κ3) is 3.47. The van der Waals surface area contributed by atoms with Gasteiger partial charge in [-0.2, -0.15) is 0 Å². The summed E-state index contributed by atoms with van der Waals surface area (Å²) in [6.45, 7) is 6.64. The molecule has 0 spiro atoms. The molecule has 1 N–H and O–H groups in total. The standard InChI is InChI=1S/C15H24N2/c1-2-16-13-14-9-5-6-10-15(14)17-11-7-3-4-8-12-17/h5-6,9-10,16H,2-4,7-8,11-13H2,1H3. The first-order chi connectivity index (χ1) is 8.42. The van der Waals surface area contributed by atoms with Crippen LogP contribution in [0.1, 0.15) is 38.2 Å². The van der Waals surface area contributed by atoms with Gasteiger partial charge in [-0.05, 0) is 31.0 Å². The fourth-order valence-electron chi connectivity index (χ4n) is 2.54. The number of nitrogens with one attached hydrogen (secondary N) is 1. The largest absolute Gasteiger partial charge is 0.371 e. The number of nitrogens with zero attached hydrogens (tertiary/aromatic N) is 1. The van der Waals surface area contributed by atoms with Gasteiger partial charge in [0.15, 0.2) is 0 Å². The molecule has 1 heterocycles. The molecule has 1 aromatic rings. The lowest BCUT2D eigenvalue weighted by atomic mass is 10.1. The van der Waals surface area contributed by atoms with Gasteiger partial charge in [-0.15, -0.1) is 0 Å². The summed E-state index contributed by atoms with van der Waals surface area (Å²) in [4.78, 5) is 2.57. The zero-order valence-electron chi connectivity index (χ0n) is 10.9. The predicted molar refractivity (Wildman–Crippen MR) is 74.5 cm³/mol. The Kier molecular flexibility index (Phi) is 4.87. The fraction of sp³-hybridized carbons (Fsp3) is 0.600. The molecule has 0 aromatic heterocycles. The van der Waals surface area contributed by atoms with E-state index in [0.29, 0.717) is 0 Å². The van der Waals surface area contributed by atoms with Crippen molar-refractivity contribution in [1.29, 1.82) is 0 Å². The van der Waals surface area contributed by atoms with E-state index in [1.807, 2.05) is 0 Å². The van der Waals surface area contributed by atoms with Gasteiger partial charge in [-0.3, -0.25) is 0 Å². The minimum Gasteiger partial charge on any atom is -0.371 e. The molecule has 1 saturated heterocycles. The molecule has 94 valence electrons. The quantitative estimate of drug-likeness (QED) is 0.857. The van der Waals surface area contributed by atoms with Crippen molar-refractivity contribution >= 4 is 5.69 Å². The summed E-state index contributed by atoms with van der Waals surface area (Å²) in [7, 11) is 0. The van der Waals surface area contributed by atoms with Crippen LogP contribution < -0.4 is 10.2 Å². The Morgan fingerprint density at radius 1 is 1.06 bits per heavy atom. The lowest BCUT2D eigenvalue weighted by molar-refractivity contribution is 0.716. The van der Waals surface area contributed by atoms with Gasteiger partial charge in [0.05, 0.1) is 0 Å². The molecule has 1 fully saturated rings. The van der Waals surface area contributed by atoms with Crippen molar-refractivity contribution in [3.05, 3.63) is 29.8 Å². The Morgan fingerprint density at radius 2 is 1.76 bits per heavy atom. The normalized spacial score (nSPS) is 16.9. The zero-order valence-corrected chi connectivity index (χ0v) is 10.9. The summed E-state index contributed by atoms with van der Waals surface area (Å²) >= 11 is 0. The minimum absolute atomic E-state index is 0.989. The molecule has 0 radical (unpaired) electrons. The Morgan fingerprint density at radius 3 is 2.47 bits per heavy atom. The Balaban J connectivity index is 2.11. The molecule has 0 amide bonds. The monoisotopic (exact) mass is 232 g/mol. The topological polar surface area (TPSA) is 15.3 Å². The van der Waals surface area contributed by atoms with Crippen LogP contribution in [0.4, 0.5) is 5.69 Å². The highest BCUT2D eigenvalue weighted by atomic mass is 15.1. The van der Waals surface area contributed by atoms with Crippen LogP contribution in [0.3, 0.4) is 0 Å². The van der Waals surface area contributed by atoms with Gasteiger partial charge in [-0.1, -0.05) is 38.0 Å². The van der Waals surface area contributed by atoms with Crippen LogP contribution in [0.2, 0.25) is 0 Å². The van der Waals surface area contributed by atoms with Gasteiger partial charge < -0.3 is 10.2 Å². The SMILES string of the molecule is CCNCc1ccccc1N1CCCCCC1. The summed E-state index contributed by atoms with van der Waals surface area (Å²) in [5.41, 5.74) is 2.88. The van der Waals surface area contributed by atoms with Crippen molar-refractivity contribution in [2.75, 3.05) is 24.5 Å².